The van der Waals surface area contributed by atoms with Gasteiger partial charge in [0, 0.05) is 13.0 Å². The van der Waals surface area contributed by atoms with E-state index in [4.69, 9.17) is 0 Å². The van der Waals surface area contributed by atoms with Crippen molar-refractivity contribution >= 4 is 0 Å². The molecule has 1 saturated heterocycles. The number of alkyl halides is 2. The summed E-state index contributed by atoms with van der Waals surface area (Å²) >= 11 is 0. The van der Waals surface area contributed by atoms with Gasteiger partial charge >= 0.3 is 0 Å². The van der Waals surface area contributed by atoms with Gasteiger partial charge in [0.2, 0.25) is 0 Å². The molecule has 82 valence electrons. The number of nitrogens with one attached hydrogen (secondary N) is 1. The largest absolute Gasteiger partial charge is 0.302 e. The van der Waals surface area contributed by atoms with Gasteiger partial charge in [-0.1, -0.05) is 12.1 Å². The van der Waals surface area contributed by atoms with E-state index in [-0.39, 0.29) is 13.0 Å². The Morgan fingerprint density at radius 3 is 2.27 bits per heavy atom. The third-order valence-corrected chi connectivity index (χ3v) is 3.07. The van der Waals surface area contributed by atoms with Gasteiger partial charge in [0.25, 0.3) is 5.92 Å². The monoisotopic (exact) mass is 215 g/mol. The quantitative estimate of drug-likeness (QED) is 0.759. The lowest BCUT2D eigenvalue weighted by molar-refractivity contribution is -0.0559. The summed E-state index contributed by atoms with van der Waals surface area (Å²) in [6.45, 7) is 1.73. The van der Waals surface area contributed by atoms with Gasteiger partial charge in [0.05, 0.1) is 0 Å². The fourth-order valence-corrected chi connectivity index (χ4v) is 1.95. The second-order valence-electron chi connectivity index (χ2n) is 4.01. The summed E-state index contributed by atoms with van der Waals surface area (Å²) in [5.41, 5.74) is -0.952. The standard InChI is InChI=1S/C11H12F3N/c1-10(11(13,14)6-7-15-10)8-2-4-9(12)5-3-8/h2-5,15H,6-7H2,1H3. The third-order valence-electron chi connectivity index (χ3n) is 3.07. The summed E-state index contributed by atoms with van der Waals surface area (Å²) in [5, 5.41) is 2.79. The van der Waals surface area contributed by atoms with Gasteiger partial charge < -0.3 is 5.32 Å². The summed E-state index contributed by atoms with van der Waals surface area (Å²) in [6.07, 6.45) is -0.180. The summed E-state index contributed by atoms with van der Waals surface area (Å²) in [6, 6.07) is 5.22. The zero-order valence-corrected chi connectivity index (χ0v) is 8.36. The highest BCUT2D eigenvalue weighted by Crippen LogP contribution is 2.43. The molecule has 1 aromatic rings. The Balaban J connectivity index is 2.41. The van der Waals surface area contributed by atoms with E-state index in [1.165, 1.54) is 31.2 Å². The average molecular weight is 215 g/mol. The molecule has 1 atom stereocenters. The molecule has 1 nitrogen and oxygen atoms in total. The first-order chi connectivity index (χ1) is 6.96. The van der Waals surface area contributed by atoms with Crippen LogP contribution in [0.3, 0.4) is 0 Å². The first-order valence-electron chi connectivity index (χ1n) is 4.85. The van der Waals surface area contributed by atoms with E-state index >= 15 is 0 Å². The molecule has 1 aliphatic heterocycles. The SMILES string of the molecule is CC1(c2ccc(F)cc2)NCCC1(F)F. The van der Waals surface area contributed by atoms with Crippen LogP contribution in [0, 0.1) is 5.82 Å². The van der Waals surface area contributed by atoms with Crippen molar-refractivity contribution in [3.63, 3.8) is 0 Å². The number of halogens is 3. The van der Waals surface area contributed by atoms with Crippen molar-refractivity contribution < 1.29 is 13.2 Å². The molecule has 0 bridgehead atoms. The molecular formula is C11H12F3N. The minimum atomic E-state index is -2.79. The van der Waals surface area contributed by atoms with Crippen molar-refractivity contribution in [2.24, 2.45) is 0 Å². The van der Waals surface area contributed by atoms with Gasteiger partial charge in [-0.25, -0.2) is 13.2 Å². The number of benzene rings is 1. The van der Waals surface area contributed by atoms with Crippen LogP contribution in [-0.2, 0) is 5.54 Å². The molecule has 1 aromatic carbocycles. The van der Waals surface area contributed by atoms with Crippen LogP contribution in [0.25, 0.3) is 0 Å². The molecule has 0 aromatic heterocycles. The number of rotatable bonds is 1. The molecule has 1 aliphatic rings. The average Bonchev–Trinajstić information content (AvgIpc) is 2.43. The van der Waals surface area contributed by atoms with E-state index in [0.717, 1.165) is 0 Å². The van der Waals surface area contributed by atoms with Gasteiger partial charge in [-0.2, -0.15) is 0 Å². The molecule has 1 unspecified atom stereocenters. The summed E-state index contributed by atoms with van der Waals surface area (Å²) in [5.74, 6) is -3.20. The molecular weight excluding hydrogens is 203 g/mol. The van der Waals surface area contributed by atoms with E-state index in [0.29, 0.717) is 5.56 Å². The van der Waals surface area contributed by atoms with Crippen LogP contribution in [0.15, 0.2) is 24.3 Å². The Labute approximate surface area is 86.3 Å². The Hall–Kier alpha value is -1.03. The molecule has 1 N–H and O–H groups in total. The van der Waals surface area contributed by atoms with Gasteiger partial charge in [0.15, 0.2) is 0 Å². The zero-order valence-electron chi connectivity index (χ0n) is 8.36. The van der Waals surface area contributed by atoms with Gasteiger partial charge in [0.1, 0.15) is 11.4 Å². The van der Waals surface area contributed by atoms with Crippen molar-refractivity contribution in [3.05, 3.63) is 35.6 Å². The molecule has 0 aliphatic carbocycles. The Bertz CT molecular complexity index is 361. The summed E-state index contributed by atoms with van der Waals surface area (Å²) in [7, 11) is 0. The highest BCUT2D eigenvalue weighted by Gasteiger charge is 2.54. The lowest BCUT2D eigenvalue weighted by Gasteiger charge is -2.31. The highest BCUT2D eigenvalue weighted by atomic mass is 19.3. The van der Waals surface area contributed by atoms with Gasteiger partial charge in [-0.05, 0) is 24.6 Å². The first kappa shape index (κ1) is 10.5. The van der Waals surface area contributed by atoms with Crippen LogP contribution in [0.4, 0.5) is 13.2 Å². The Kier molecular flexibility index (Phi) is 2.26. The Morgan fingerprint density at radius 2 is 1.80 bits per heavy atom. The molecule has 0 amide bonds. The van der Waals surface area contributed by atoms with Crippen molar-refractivity contribution in [2.45, 2.75) is 24.8 Å². The van der Waals surface area contributed by atoms with Crippen LogP contribution < -0.4 is 5.32 Å². The zero-order chi connectivity index (χ0) is 11.1. The number of hydrogen-bond donors (Lipinski definition) is 1. The molecule has 1 fully saturated rings. The molecule has 4 heteroatoms. The lowest BCUT2D eigenvalue weighted by Crippen LogP contribution is -2.46. The van der Waals surface area contributed by atoms with Crippen LogP contribution in [0.1, 0.15) is 18.9 Å². The molecule has 0 radical (unpaired) electrons. The molecule has 2 rings (SSSR count). The normalized spacial score (nSPS) is 29.3. The maximum Gasteiger partial charge on any atom is 0.270 e. The summed E-state index contributed by atoms with van der Waals surface area (Å²) in [4.78, 5) is 0. The lowest BCUT2D eigenvalue weighted by atomic mass is 9.87. The minimum Gasteiger partial charge on any atom is -0.302 e. The van der Waals surface area contributed by atoms with Crippen molar-refractivity contribution in [1.82, 2.24) is 5.32 Å². The second-order valence-corrected chi connectivity index (χ2v) is 4.01. The van der Waals surface area contributed by atoms with Crippen molar-refractivity contribution in [2.75, 3.05) is 6.54 Å². The fourth-order valence-electron chi connectivity index (χ4n) is 1.95. The predicted octanol–water partition coefficient (Wildman–Crippen LogP) is 2.67. The predicted molar refractivity (Wildman–Crippen MR) is 51.3 cm³/mol. The summed E-state index contributed by atoms with van der Waals surface area (Å²) < 4.78 is 39.9. The maximum absolute atomic E-state index is 13.6. The molecule has 0 spiro atoms. The Morgan fingerprint density at radius 1 is 1.20 bits per heavy atom. The second kappa shape index (κ2) is 3.23. The van der Waals surface area contributed by atoms with E-state index in [1.807, 2.05) is 0 Å². The van der Waals surface area contributed by atoms with Crippen LogP contribution in [0.2, 0.25) is 0 Å². The third kappa shape index (κ3) is 1.53. The van der Waals surface area contributed by atoms with Gasteiger partial charge in [-0.15, -0.1) is 0 Å². The van der Waals surface area contributed by atoms with Crippen molar-refractivity contribution in [3.8, 4) is 0 Å². The minimum absolute atomic E-state index is 0.180. The first-order valence-corrected chi connectivity index (χ1v) is 4.85. The number of hydrogen-bond acceptors (Lipinski definition) is 1. The van der Waals surface area contributed by atoms with Crippen LogP contribution in [0.5, 0.6) is 0 Å². The van der Waals surface area contributed by atoms with E-state index in [9.17, 15) is 13.2 Å². The molecule has 1 heterocycles. The van der Waals surface area contributed by atoms with Gasteiger partial charge in [-0.3, -0.25) is 0 Å². The smallest absolute Gasteiger partial charge is 0.270 e. The van der Waals surface area contributed by atoms with E-state index in [1.54, 1.807) is 0 Å². The fraction of sp³-hybridized carbons (Fsp3) is 0.455. The topological polar surface area (TPSA) is 12.0 Å². The van der Waals surface area contributed by atoms with Crippen molar-refractivity contribution in [1.29, 1.82) is 0 Å². The molecule has 0 saturated carbocycles. The van der Waals surface area contributed by atoms with E-state index < -0.39 is 17.3 Å². The maximum atomic E-state index is 13.6. The highest BCUT2D eigenvalue weighted by molar-refractivity contribution is 5.28. The van der Waals surface area contributed by atoms with Crippen LogP contribution >= 0.6 is 0 Å². The molecule has 15 heavy (non-hydrogen) atoms. The van der Waals surface area contributed by atoms with E-state index in [2.05, 4.69) is 5.32 Å². The van der Waals surface area contributed by atoms with Crippen LogP contribution in [-0.4, -0.2) is 12.5 Å².